The minimum atomic E-state index is -0.548. The van der Waals surface area contributed by atoms with Crippen molar-refractivity contribution >= 4 is 27.8 Å². The predicted octanol–water partition coefficient (Wildman–Crippen LogP) is 5.50. The molecule has 5 aromatic rings. The molecule has 0 radical (unpaired) electrons. The van der Waals surface area contributed by atoms with Crippen LogP contribution in [0.3, 0.4) is 0 Å². The molecular weight excluding hydrogens is 547 g/mol. The van der Waals surface area contributed by atoms with E-state index in [4.69, 9.17) is 20.2 Å². The number of ether oxygens (including phenoxy) is 2. The summed E-state index contributed by atoms with van der Waals surface area (Å²) in [6, 6.07) is 14.8. The summed E-state index contributed by atoms with van der Waals surface area (Å²) in [6.07, 6.45) is 5.82. The van der Waals surface area contributed by atoms with Crippen LogP contribution in [0.25, 0.3) is 33.5 Å². The minimum absolute atomic E-state index is 0.0122. The maximum Gasteiger partial charge on any atom is 0.254 e. The molecule has 3 atom stereocenters. The van der Waals surface area contributed by atoms with Crippen molar-refractivity contribution in [2.24, 2.45) is 24.6 Å². The van der Waals surface area contributed by atoms with Crippen LogP contribution in [0, 0.1) is 17.8 Å². The van der Waals surface area contributed by atoms with Crippen molar-refractivity contribution in [2.75, 3.05) is 13.7 Å². The number of methoxy groups -OCH3 is 1. The van der Waals surface area contributed by atoms with E-state index in [9.17, 15) is 9.18 Å². The van der Waals surface area contributed by atoms with Gasteiger partial charge in [0.15, 0.2) is 5.82 Å². The van der Waals surface area contributed by atoms with Gasteiger partial charge in [0.1, 0.15) is 22.8 Å². The van der Waals surface area contributed by atoms with Crippen LogP contribution in [0.4, 0.5) is 4.39 Å². The molecule has 0 spiro atoms. The second-order valence-corrected chi connectivity index (χ2v) is 12.2. The van der Waals surface area contributed by atoms with Crippen molar-refractivity contribution in [3.05, 3.63) is 66.2 Å². The summed E-state index contributed by atoms with van der Waals surface area (Å²) in [7, 11) is 3.62. The number of nitrogens with zero attached hydrogens (tertiary/aromatic N) is 5. The lowest BCUT2D eigenvalue weighted by atomic mass is 10.1. The van der Waals surface area contributed by atoms with Crippen molar-refractivity contribution in [2.45, 2.75) is 44.3 Å². The fourth-order valence-corrected chi connectivity index (χ4v) is 7.06. The highest BCUT2D eigenvalue weighted by Crippen LogP contribution is 2.41. The fraction of sp³-hybridized carbons (Fsp3) is 0.364. The van der Waals surface area contributed by atoms with Gasteiger partial charge in [-0.25, -0.2) is 9.97 Å². The third-order valence-electron chi connectivity index (χ3n) is 9.49. The molecule has 3 aromatic heterocycles. The van der Waals surface area contributed by atoms with Gasteiger partial charge in [-0.2, -0.15) is 4.39 Å². The van der Waals surface area contributed by atoms with Crippen LogP contribution in [0.5, 0.6) is 17.2 Å². The van der Waals surface area contributed by atoms with Crippen molar-refractivity contribution in [3.63, 3.8) is 0 Å². The van der Waals surface area contributed by atoms with E-state index in [-0.39, 0.29) is 18.0 Å². The zero-order valence-electron chi connectivity index (χ0n) is 24.2. The second-order valence-electron chi connectivity index (χ2n) is 12.2. The van der Waals surface area contributed by atoms with E-state index in [1.165, 1.54) is 25.1 Å². The molecule has 10 heteroatoms. The first-order chi connectivity index (χ1) is 20.9. The van der Waals surface area contributed by atoms with Gasteiger partial charge in [0, 0.05) is 49.2 Å². The summed E-state index contributed by atoms with van der Waals surface area (Å²) in [5, 5.41) is 1.07. The number of rotatable bonds is 7. The van der Waals surface area contributed by atoms with Crippen molar-refractivity contribution in [1.29, 1.82) is 0 Å². The number of imidazole rings is 1. The van der Waals surface area contributed by atoms with Gasteiger partial charge in [-0.15, -0.1) is 0 Å². The molecule has 2 bridgehead atoms. The Labute approximate surface area is 248 Å². The number of nitrogens with two attached hydrogens (primary N) is 1. The number of aromatic nitrogens is 4. The summed E-state index contributed by atoms with van der Waals surface area (Å²) in [4.78, 5) is 24.4. The molecule has 0 unspecified atom stereocenters. The van der Waals surface area contributed by atoms with Crippen molar-refractivity contribution in [1.82, 2.24) is 24.0 Å². The molecule has 2 saturated carbocycles. The Hall–Kier alpha value is -4.44. The Morgan fingerprint density at radius 2 is 1.91 bits per heavy atom. The summed E-state index contributed by atoms with van der Waals surface area (Å²) < 4.78 is 29.5. The van der Waals surface area contributed by atoms with Gasteiger partial charge in [0.25, 0.3) is 5.91 Å². The zero-order valence-corrected chi connectivity index (χ0v) is 24.2. The topological polar surface area (TPSA) is 100 Å². The number of carbonyl (C=O) groups is 1. The number of fused-ring (bicyclic) bond motifs is 4. The van der Waals surface area contributed by atoms with Crippen LogP contribution < -0.4 is 15.2 Å². The van der Waals surface area contributed by atoms with Crippen LogP contribution in [-0.4, -0.2) is 55.6 Å². The average Bonchev–Trinajstić information content (AvgIpc) is 3.42. The van der Waals surface area contributed by atoms with Gasteiger partial charge in [0.2, 0.25) is 5.95 Å². The zero-order chi connectivity index (χ0) is 29.4. The van der Waals surface area contributed by atoms with Gasteiger partial charge >= 0.3 is 0 Å². The Kier molecular flexibility index (Phi) is 5.98. The molecule has 2 aromatic carbocycles. The number of hydrogen-bond donors (Lipinski definition) is 1. The number of carbonyl (C=O) groups excluding carboxylic acids is 1. The van der Waals surface area contributed by atoms with E-state index < -0.39 is 5.95 Å². The number of likely N-dealkylation sites (tertiary alicyclic amines) is 1. The minimum Gasteiger partial charge on any atom is -0.494 e. The molecule has 1 saturated heterocycles. The van der Waals surface area contributed by atoms with Crippen LogP contribution in [0.2, 0.25) is 0 Å². The van der Waals surface area contributed by atoms with Gasteiger partial charge in [0.05, 0.1) is 30.0 Å². The Bertz CT molecular complexity index is 1890. The average molecular weight is 581 g/mol. The molecular formula is C33H33FN6O3. The molecule has 4 heterocycles. The molecule has 8 rings (SSSR count). The smallest absolute Gasteiger partial charge is 0.254 e. The van der Waals surface area contributed by atoms with Crippen LogP contribution in [0.15, 0.2) is 54.7 Å². The molecule has 3 fully saturated rings. The maximum atomic E-state index is 13.7. The van der Waals surface area contributed by atoms with E-state index in [1.807, 2.05) is 42.3 Å². The number of hydrogen-bond acceptors (Lipinski definition) is 6. The number of amides is 1. The number of pyridine rings is 1. The molecule has 9 nitrogen and oxygen atoms in total. The first-order valence-electron chi connectivity index (χ1n) is 14.9. The highest BCUT2D eigenvalue weighted by molar-refractivity contribution is 6.00. The third kappa shape index (κ3) is 4.34. The Balaban J connectivity index is 1.20. The Morgan fingerprint density at radius 1 is 1.07 bits per heavy atom. The summed E-state index contributed by atoms with van der Waals surface area (Å²) in [5.41, 5.74) is 10.5. The number of piperidine rings is 1. The highest BCUT2D eigenvalue weighted by atomic mass is 19.1. The first kappa shape index (κ1) is 26.2. The lowest BCUT2D eigenvalue weighted by Crippen LogP contribution is -2.41. The lowest BCUT2D eigenvalue weighted by molar-refractivity contribution is 0.0700. The summed E-state index contributed by atoms with van der Waals surface area (Å²) >= 11 is 0. The van der Waals surface area contributed by atoms with Crippen LogP contribution in [0.1, 0.15) is 36.0 Å². The molecule has 2 aliphatic carbocycles. The summed E-state index contributed by atoms with van der Waals surface area (Å²) in [6.45, 7) is 1.57. The standard InChI is InChI=1S/C33H33FN6O3/c1-38-31-24(11-21(13-28(31)42-2)33(41)40-17-20-6-9-25(40)30(20)35)37-32(38)27-12-19-5-7-22(43-23-8-10-29(34)36-15-23)14-26(19)39(27)16-18-3-4-18/h5,7-8,10-15,18,20,25,30H,3-4,6,9,16-17,35H2,1-2H3/t20-,25-,30-/m1/s1. The van der Waals surface area contributed by atoms with Crippen LogP contribution >= 0.6 is 0 Å². The van der Waals surface area contributed by atoms with Gasteiger partial charge < -0.3 is 29.2 Å². The Morgan fingerprint density at radius 3 is 2.60 bits per heavy atom. The second kappa shape index (κ2) is 9.80. The molecule has 1 aliphatic heterocycles. The monoisotopic (exact) mass is 580 g/mol. The number of halogens is 1. The highest BCUT2D eigenvalue weighted by Gasteiger charge is 2.47. The fourth-order valence-electron chi connectivity index (χ4n) is 7.06. The van der Waals surface area contributed by atoms with E-state index in [0.717, 1.165) is 47.3 Å². The van der Waals surface area contributed by atoms with Crippen LogP contribution in [-0.2, 0) is 13.6 Å². The molecule has 43 heavy (non-hydrogen) atoms. The van der Waals surface area contributed by atoms with Gasteiger partial charge in [-0.3, -0.25) is 4.79 Å². The first-order valence-corrected chi connectivity index (χ1v) is 14.9. The quantitative estimate of drug-likeness (QED) is 0.255. The van der Waals surface area contributed by atoms with E-state index >= 15 is 0 Å². The largest absolute Gasteiger partial charge is 0.494 e. The molecule has 1 amide bonds. The van der Waals surface area contributed by atoms with Crippen molar-refractivity contribution < 1.29 is 18.7 Å². The van der Waals surface area contributed by atoms with E-state index in [0.29, 0.717) is 46.7 Å². The maximum absolute atomic E-state index is 13.7. The lowest BCUT2D eigenvalue weighted by Gasteiger charge is -2.27. The number of benzene rings is 2. The third-order valence-corrected chi connectivity index (χ3v) is 9.49. The molecule has 3 aliphatic rings. The SMILES string of the molecule is COc1cc(C(=O)N2C[C@H]3CC[C@@H]2[C@@H]3N)cc2nc(-c3cc4ccc(Oc5ccc(F)nc5)cc4n3CC3CC3)n(C)c12. The van der Waals surface area contributed by atoms with E-state index in [2.05, 4.69) is 20.2 Å². The number of aryl methyl sites for hydroxylation is 1. The normalized spacial score (nSPS) is 21.3. The van der Waals surface area contributed by atoms with E-state index in [1.54, 1.807) is 13.2 Å². The molecule has 220 valence electrons. The van der Waals surface area contributed by atoms with Gasteiger partial charge in [-0.05, 0) is 80.0 Å². The summed E-state index contributed by atoms with van der Waals surface area (Å²) in [5.74, 6) is 2.95. The predicted molar refractivity (Wildman–Crippen MR) is 161 cm³/mol. The molecule has 2 N–H and O–H groups in total. The van der Waals surface area contributed by atoms with Gasteiger partial charge in [-0.1, -0.05) is 0 Å². The van der Waals surface area contributed by atoms with Crippen molar-refractivity contribution in [3.8, 4) is 28.8 Å².